The van der Waals surface area contributed by atoms with Gasteiger partial charge in [-0.3, -0.25) is 4.79 Å². The van der Waals surface area contributed by atoms with Crippen molar-refractivity contribution in [2.75, 3.05) is 33.0 Å². The molecule has 0 aliphatic carbocycles. The Morgan fingerprint density at radius 3 is 1.34 bits per heavy atom. The van der Waals surface area contributed by atoms with E-state index in [1.807, 2.05) is 0 Å². The van der Waals surface area contributed by atoms with Gasteiger partial charge >= 0.3 is 0 Å². The minimum Gasteiger partial charge on any atom is -0.394 e. The highest BCUT2D eigenvalue weighted by Gasteiger charge is 2.57. The van der Waals surface area contributed by atoms with E-state index in [0.717, 1.165) is 6.92 Å². The molecule has 0 unspecified atom stereocenters. The first-order valence-corrected chi connectivity index (χ1v) is 21.8. The van der Waals surface area contributed by atoms with E-state index in [-0.39, 0.29) is 0 Å². The van der Waals surface area contributed by atoms with Crippen molar-refractivity contribution in [3.05, 3.63) is 0 Å². The number of carbonyl (C=O) groups excluding carboxylic acids is 1. The minimum atomic E-state index is -2.29. The van der Waals surface area contributed by atoms with Crippen molar-refractivity contribution in [2.24, 2.45) is 0 Å². The molecule has 5 aliphatic rings. The van der Waals surface area contributed by atoms with Crippen LogP contribution in [0.25, 0.3) is 0 Å². The zero-order valence-corrected chi connectivity index (χ0v) is 36.8. The molecule has 0 aromatic carbocycles. The Labute approximate surface area is 386 Å². The van der Waals surface area contributed by atoms with Gasteiger partial charge in [0.15, 0.2) is 31.5 Å². The molecular formula is C38H67NO29. The van der Waals surface area contributed by atoms with Crippen molar-refractivity contribution in [3.63, 3.8) is 0 Å². The lowest BCUT2D eigenvalue weighted by atomic mass is 9.94. The SMILES string of the molecule is CC(=O)N[C@H]1[C@H](O[C@H]2[C@@H](O)[C@@H](CO)O[C@@H](O[C@@H]([C@H](O[C@@H]3O[C@@H](C)[C@@H](O)[C@@H](O)[C@@H]3O)[C@@H](O)CO)[C@H](O)CO)[C@@H]2O)O[C@H](CO)[C@@H](O)[C@@H]1O[C@@H]1O[C@H](CO)[C@H](O)[C@H](O)[C@H]1O[C@@H]1O[C@@H](C)[C@@H](O)[C@@H](O)[C@@H]1O. The van der Waals surface area contributed by atoms with Gasteiger partial charge in [-0.05, 0) is 13.8 Å². The fourth-order valence-corrected chi connectivity index (χ4v) is 8.38. The summed E-state index contributed by atoms with van der Waals surface area (Å²) in [7, 11) is 0. The average molecular weight is 1000 g/mol. The standard InChI is InChI=1S/C38H67NO29/c1-9-18(48)23(53)26(56)35(59-9)64-29(12(46)4-40)30(13(47)5-41)65-37-28(58)32(22(52)16(8-44)62-37)67-34-17(39-11(3)45)31(21(51)15(7-43)61-34)66-38-33(25(55)20(50)14(6-42)63-38)68-36-27(57)24(54)19(49)10(2)60-36/h9-10,12-38,40-44,46-58H,4-8H2,1-3H3,(H,39,45)/t9-,10-,12-,13+,14+,15+,16+,17+,18+,19+,20-,21+,22-,23+,24+,25-,26-,27-,28+,29+,30+,31+,32-,33+,34-,35-,36-,37-,38-/m0/s1. The Hall–Kier alpha value is -1.65. The number of amides is 1. The van der Waals surface area contributed by atoms with Gasteiger partial charge in [-0.25, -0.2) is 0 Å². The molecule has 68 heavy (non-hydrogen) atoms. The van der Waals surface area contributed by atoms with Crippen LogP contribution in [0.2, 0.25) is 0 Å². The molecule has 0 radical (unpaired) electrons. The second-order valence-corrected chi connectivity index (χ2v) is 17.2. The number of hydrogen-bond donors (Lipinski definition) is 19. The summed E-state index contributed by atoms with van der Waals surface area (Å²) in [5.74, 6) is -0.878. The molecule has 5 heterocycles. The molecule has 30 heteroatoms. The molecule has 398 valence electrons. The summed E-state index contributed by atoms with van der Waals surface area (Å²) in [6, 6.07) is -1.81. The molecule has 0 bridgehead atoms. The second-order valence-electron chi connectivity index (χ2n) is 17.2. The maximum atomic E-state index is 12.8. The van der Waals surface area contributed by atoms with Crippen LogP contribution in [0.4, 0.5) is 0 Å². The zero-order chi connectivity index (χ0) is 50.6. The number of carbonyl (C=O) groups is 1. The molecule has 5 saturated heterocycles. The Morgan fingerprint density at radius 2 is 0.853 bits per heavy atom. The van der Waals surface area contributed by atoms with Crippen LogP contribution in [-0.2, 0) is 52.2 Å². The van der Waals surface area contributed by atoms with Gasteiger partial charge in [0.25, 0.3) is 0 Å². The summed E-state index contributed by atoms with van der Waals surface area (Å²) >= 11 is 0. The van der Waals surface area contributed by atoms with E-state index in [9.17, 15) is 96.7 Å². The zero-order valence-electron chi connectivity index (χ0n) is 36.8. The molecule has 19 N–H and O–H groups in total. The van der Waals surface area contributed by atoms with E-state index in [1.165, 1.54) is 13.8 Å². The third-order valence-corrected chi connectivity index (χ3v) is 12.4. The fraction of sp³-hybridized carbons (Fsp3) is 0.974. The van der Waals surface area contributed by atoms with Gasteiger partial charge in [-0.15, -0.1) is 0 Å². The summed E-state index contributed by atoms with van der Waals surface area (Å²) in [6.45, 7) is -1.77. The highest BCUT2D eigenvalue weighted by atomic mass is 16.8. The van der Waals surface area contributed by atoms with Gasteiger partial charge in [-0.1, -0.05) is 0 Å². The quantitative estimate of drug-likeness (QED) is 0.0571. The van der Waals surface area contributed by atoms with Crippen LogP contribution in [0.5, 0.6) is 0 Å². The predicted molar refractivity (Wildman–Crippen MR) is 210 cm³/mol. The molecule has 0 spiro atoms. The van der Waals surface area contributed by atoms with Gasteiger partial charge in [0.2, 0.25) is 5.91 Å². The first-order valence-electron chi connectivity index (χ1n) is 21.8. The molecule has 30 nitrogen and oxygen atoms in total. The molecule has 0 aromatic rings. The molecule has 0 saturated carbocycles. The Bertz CT molecular complexity index is 1550. The van der Waals surface area contributed by atoms with Crippen molar-refractivity contribution in [1.29, 1.82) is 0 Å². The second kappa shape index (κ2) is 24.9. The normalized spacial score (nSPS) is 47.8. The van der Waals surface area contributed by atoms with Crippen molar-refractivity contribution in [3.8, 4) is 0 Å². The lowest BCUT2D eigenvalue weighted by molar-refractivity contribution is -0.388. The number of ether oxygens (including phenoxy) is 10. The lowest BCUT2D eigenvalue weighted by Crippen LogP contribution is -2.70. The van der Waals surface area contributed by atoms with E-state index < -0.39 is 217 Å². The third-order valence-electron chi connectivity index (χ3n) is 12.4. The Kier molecular flexibility index (Phi) is 20.9. The first kappa shape index (κ1) is 57.3. The van der Waals surface area contributed by atoms with E-state index in [2.05, 4.69) is 5.32 Å². The van der Waals surface area contributed by atoms with Crippen molar-refractivity contribution < 1.29 is 144 Å². The molecule has 5 fully saturated rings. The maximum Gasteiger partial charge on any atom is 0.217 e. The molecular weight excluding hydrogens is 934 g/mol. The smallest absolute Gasteiger partial charge is 0.217 e. The predicted octanol–water partition coefficient (Wildman–Crippen LogP) is -12.3. The summed E-state index contributed by atoms with van der Waals surface area (Å²) in [5.41, 5.74) is 0. The van der Waals surface area contributed by atoms with Crippen LogP contribution in [-0.4, -0.2) is 309 Å². The highest BCUT2D eigenvalue weighted by molar-refractivity contribution is 5.73. The van der Waals surface area contributed by atoms with Crippen LogP contribution >= 0.6 is 0 Å². The van der Waals surface area contributed by atoms with Crippen LogP contribution in [0.1, 0.15) is 20.8 Å². The van der Waals surface area contributed by atoms with Gasteiger partial charge < -0.3 is 145 Å². The molecule has 5 rings (SSSR count). The van der Waals surface area contributed by atoms with E-state index in [4.69, 9.17) is 47.4 Å². The summed E-state index contributed by atoms with van der Waals surface area (Å²) < 4.78 is 57.2. The van der Waals surface area contributed by atoms with Gasteiger partial charge in [0.1, 0.15) is 134 Å². The number of hydrogen-bond acceptors (Lipinski definition) is 29. The fourth-order valence-electron chi connectivity index (χ4n) is 8.38. The maximum absolute atomic E-state index is 12.8. The number of rotatable bonds is 19. The molecule has 0 aromatic heterocycles. The van der Waals surface area contributed by atoms with Gasteiger partial charge in [0.05, 0.1) is 45.2 Å². The van der Waals surface area contributed by atoms with Crippen LogP contribution < -0.4 is 5.32 Å². The average Bonchev–Trinajstić information content (AvgIpc) is 3.31. The van der Waals surface area contributed by atoms with Gasteiger partial charge in [-0.2, -0.15) is 0 Å². The van der Waals surface area contributed by atoms with Crippen molar-refractivity contribution in [1.82, 2.24) is 5.32 Å². The topological polar surface area (TPSA) is 486 Å². The van der Waals surface area contributed by atoms with E-state index >= 15 is 0 Å². The summed E-state index contributed by atoms with van der Waals surface area (Å²) in [4.78, 5) is 12.8. The minimum absolute atomic E-state index is 0.878. The van der Waals surface area contributed by atoms with Crippen molar-refractivity contribution in [2.45, 2.75) is 199 Å². The summed E-state index contributed by atoms with van der Waals surface area (Å²) in [6.07, 6.45) is -53.0. The summed E-state index contributed by atoms with van der Waals surface area (Å²) in [5, 5.41) is 194. The largest absolute Gasteiger partial charge is 0.394 e. The van der Waals surface area contributed by atoms with Crippen LogP contribution in [0.15, 0.2) is 0 Å². The number of aliphatic hydroxyl groups excluding tert-OH is 18. The highest BCUT2D eigenvalue weighted by Crippen LogP contribution is 2.36. The van der Waals surface area contributed by atoms with Gasteiger partial charge in [0, 0.05) is 6.92 Å². The molecule has 29 atom stereocenters. The number of nitrogens with one attached hydrogen (secondary N) is 1. The monoisotopic (exact) mass is 1000 g/mol. The lowest BCUT2D eigenvalue weighted by Gasteiger charge is -2.50. The Balaban J connectivity index is 1.46. The van der Waals surface area contributed by atoms with E-state index in [1.54, 1.807) is 0 Å². The van der Waals surface area contributed by atoms with Crippen molar-refractivity contribution >= 4 is 5.91 Å². The molecule has 1 amide bonds. The third kappa shape index (κ3) is 12.4. The number of aliphatic hydroxyl groups is 18. The first-order chi connectivity index (χ1) is 32.0. The van der Waals surface area contributed by atoms with E-state index in [0.29, 0.717) is 0 Å². The van der Waals surface area contributed by atoms with Crippen LogP contribution in [0.3, 0.4) is 0 Å². The van der Waals surface area contributed by atoms with Crippen LogP contribution in [0, 0.1) is 0 Å². The Morgan fingerprint density at radius 1 is 0.456 bits per heavy atom. The molecule has 5 aliphatic heterocycles.